The van der Waals surface area contributed by atoms with Gasteiger partial charge in [-0.1, -0.05) is 20.8 Å². The molecular formula is C35H50O8. The average molecular weight is 599 g/mol. The molecule has 1 aliphatic heterocycles. The van der Waals surface area contributed by atoms with Crippen molar-refractivity contribution in [3.63, 3.8) is 0 Å². The van der Waals surface area contributed by atoms with Gasteiger partial charge in [0.05, 0.1) is 11.7 Å². The maximum absolute atomic E-state index is 13.3. The van der Waals surface area contributed by atoms with Crippen LogP contribution in [0.3, 0.4) is 0 Å². The Bertz CT molecular complexity index is 1300. The van der Waals surface area contributed by atoms with Crippen molar-refractivity contribution in [2.45, 2.75) is 149 Å². The molecule has 0 bridgehead atoms. The van der Waals surface area contributed by atoms with E-state index >= 15 is 0 Å². The number of hydrogen-bond donors (Lipinski definition) is 0. The molecule has 11 atom stereocenters. The highest BCUT2D eigenvalue weighted by Crippen LogP contribution is 2.91. The molecule has 1 unspecified atom stereocenters. The maximum Gasteiger partial charge on any atom is 0.303 e. The van der Waals surface area contributed by atoms with E-state index in [9.17, 15) is 19.2 Å². The van der Waals surface area contributed by atoms with Gasteiger partial charge in [-0.05, 0) is 99.2 Å². The van der Waals surface area contributed by atoms with Crippen molar-refractivity contribution >= 4 is 23.7 Å². The number of ketones is 1. The first-order chi connectivity index (χ1) is 19.9. The van der Waals surface area contributed by atoms with Gasteiger partial charge in [0.1, 0.15) is 23.6 Å². The zero-order chi connectivity index (χ0) is 31.2. The summed E-state index contributed by atoms with van der Waals surface area (Å²) in [6, 6.07) is 0. The minimum Gasteiger partial charge on any atom is -0.462 e. The van der Waals surface area contributed by atoms with E-state index in [4.69, 9.17) is 18.9 Å². The van der Waals surface area contributed by atoms with Gasteiger partial charge < -0.3 is 18.9 Å². The highest BCUT2D eigenvalue weighted by atomic mass is 16.6. The number of carbonyl (C=O) groups is 4. The Labute approximate surface area is 255 Å². The largest absolute Gasteiger partial charge is 0.462 e. The molecule has 7 rings (SSSR count). The van der Waals surface area contributed by atoms with Gasteiger partial charge in [-0.2, -0.15) is 0 Å². The molecule has 6 saturated carbocycles. The van der Waals surface area contributed by atoms with Gasteiger partial charge >= 0.3 is 17.9 Å². The number of hydrogen-bond acceptors (Lipinski definition) is 8. The standard InChI is InChI=1S/C35H50O8/c1-19(36)40-22-15-24-31(8)16-23(41-20(2)37)28-33(31,18-35(28)12-10-26(43-35)30(6,7)42-21(3)38)14-13-32(24)17-34(32)11-9-25(39)29(4,5)27(22)34/h22-24,26-28H,9-18H2,1-8H3/t22-,23-,24-,26?,27-,28-,31-,32-,33-,34+,35-/m0/s1. The second-order valence-corrected chi connectivity index (χ2v) is 17.0. The molecule has 0 radical (unpaired) electrons. The van der Waals surface area contributed by atoms with E-state index in [0.717, 1.165) is 57.8 Å². The lowest BCUT2D eigenvalue weighted by Gasteiger charge is -2.70. The smallest absolute Gasteiger partial charge is 0.303 e. The Morgan fingerprint density at radius 1 is 0.814 bits per heavy atom. The zero-order valence-electron chi connectivity index (χ0n) is 27.3. The zero-order valence-corrected chi connectivity index (χ0v) is 27.3. The predicted octanol–water partition coefficient (Wildman–Crippen LogP) is 5.72. The number of Topliss-reactive ketones (excluding diaryl/α,β-unsaturated/α-hetero) is 1. The van der Waals surface area contributed by atoms with Crippen LogP contribution >= 0.6 is 0 Å². The van der Waals surface area contributed by atoms with E-state index in [1.165, 1.54) is 20.8 Å². The van der Waals surface area contributed by atoms with E-state index < -0.39 is 16.6 Å². The molecular weight excluding hydrogens is 548 g/mol. The van der Waals surface area contributed by atoms with Crippen molar-refractivity contribution in [2.75, 3.05) is 0 Å². The lowest BCUT2D eigenvalue weighted by molar-refractivity contribution is -0.290. The van der Waals surface area contributed by atoms with Crippen LogP contribution in [0.15, 0.2) is 0 Å². The second-order valence-electron chi connectivity index (χ2n) is 17.0. The Kier molecular flexibility index (Phi) is 5.97. The molecule has 6 aliphatic carbocycles. The molecule has 43 heavy (non-hydrogen) atoms. The minimum absolute atomic E-state index is 0.0114. The normalized spacial score (nSPS) is 50.3. The first-order valence-electron chi connectivity index (χ1n) is 16.7. The molecule has 1 heterocycles. The predicted molar refractivity (Wildman–Crippen MR) is 155 cm³/mol. The summed E-state index contributed by atoms with van der Waals surface area (Å²) in [6.45, 7) is 14.9. The molecule has 8 heteroatoms. The summed E-state index contributed by atoms with van der Waals surface area (Å²) in [5, 5.41) is 0. The number of rotatable bonds is 4. The van der Waals surface area contributed by atoms with Crippen LogP contribution in [0.1, 0.15) is 120 Å². The van der Waals surface area contributed by atoms with E-state index in [1.54, 1.807) is 0 Å². The summed E-state index contributed by atoms with van der Waals surface area (Å²) in [7, 11) is 0. The quantitative estimate of drug-likeness (QED) is 0.299. The van der Waals surface area contributed by atoms with Crippen molar-refractivity contribution in [1.82, 2.24) is 0 Å². The number of esters is 3. The number of fused-ring (bicyclic) bond motifs is 2. The lowest BCUT2D eigenvalue weighted by Crippen LogP contribution is -2.70. The number of carbonyl (C=O) groups excluding carboxylic acids is 4. The van der Waals surface area contributed by atoms with Crippen molar-refractivity contribution in [2.24, 2.45) is 44.8 Å². The maximum atomic E-state index is 13.3. The van der Waals surface area contributed by atoms with E-state index in [0.29, 0.717) is 18.1 Å². The first kappa shape index (κ1) is 29.7. The van der Waals surface area contributed by atoms with Gasteiger partial charge in [0, 0.05) is 44.4 Å². The van der Waals surface area contributed by atoms with E-state index in [2.05, 4.69) is 20.8 Å². The highest BCUT2D eigenvalue weighted by Gasteiger charge is 2.89. The fourth-order valence-corrected chi connectivity index (χ4v) is 13.5. The molecule has 238 valence electrons. The molecule has 8 nitrogen and oxygen atoms in total. The van der Waals surface area contributed by atoms with Crippen molar-refractivity contribution in [1.29, 1.82) is 0 Å². The van der Waals surface area contributed by atoms with Crippen molar-refractivity contribution in [3.05, 3.63) is 0 Å². The molecule has 4 spiro atoms. The second kappa shape index (κ2) is 8.64. The fourth-order valence-electron chi connectivity index (χ4n) is 13.5. The third-order valence-electron chi connectivity index (χ3n) is 14.6. The number of ether oxygens (including phenoxy) is 4. The van der Waals surface area contributed by atoms with E-state index in [-0.39, 0.29) is 69.7 Å². The van der Waals surface area contributed by atoms with Crippen LogP contribution in [0, 0.1) is 44.8 Å². The SMILES string of the molecule is CC(=O)O[C@H]1C[C@@]2(C)[C@@H]3C[C@H](OC(C)=O)[C@H]4C(C)(C)C(=O)CC[C@@]45C[C@@]35CC[C@@]23C[C@@]2(CCC(C(C)(C)OC(C)=O)O2)[C@@H]13. The Morgan fingerprint density at radius 2 is 1.47 bits per heavy atom. The summed E-state index contributed by atoms with van der Waals surface area (Å²) in [5.74, 6) is -0.125. The van der Waals surface area contributed by atoms with Crippen LogP contribution in [0.5, 0.6) is 0 Å². The summed E-state index contributed by atoms with van der Waals surface area (Å²) >= 11 is 0. The van der Waals surface area contributed by atoms with Gasteiger partial charge in [-0.25, -0.2) is 0 Å². The van der Waals surface area contributed by atoms with Crippen LogP contribution in [0.4, 0.5) is 0 Å². The summed E-state index contributed by atoms with van der Waals surface area (Å²) < 4.78 is 25.0. The summed E-state index contributed by atoms with van der Waals surface area (Å²) in [6.07, 6.45) is 8.10. The summed E-state index contributed by atoms with van der Waals surface area (Å²) in [4.78, 5) is 50.2. The molecule has 1 saturated heterocycles. The van der Waals surface area contributed by atoms with Crippen LogP contribution in [0.25, 0.3) is 0 Å². The van der Waals surface area contributed by atoms with Crippen LogP contribution in [0.2, 0.25) is 0 Å². The topological polar surface area (TPSA) is 105 Å². The van der Waals surface area contributed by atoms with Crippen LogP contribution < -0.4 is 0 Å². The molecule has 7 aliphatic rings. The Hall–Kier alpha value is -1.96. The van der Waals surface area contributed by atoms with Crippen LogP contribution in [-0.4, -0.2) is 53.2 Å². The Morgan fingerprint density at radius 3 is 2.12 bits per heavy atom. The van der Waals surface area contributed by atoms with E-state index in [1.807, 2.05) is 13.8 Å². The summed E-state index contributed by atoms with van der Waals surface area (Å²) in [5.41, 5.74) is -1.69. The van der Waals surface area contributed by atoms with Gasteiger partial charge in [0.2, 0.25) is 0 Å². The average Bonchev–Trinajstić information content (AvgIpc) is 3.15. The highest BCUT2D eigenvalue weighted by molar-refractivity contribution is 5.86. The minimum atomic E-state index is -0.741. The first-order valence-corrected chi connectivity index (χ1v) is 16.7. The lowest BCUT2D eigenvalue weighted by atomic mass is 9.35. The Balaban J connectivity index is 1.26. The van der Waals surface area contributed by atoms with Crippen LogP contribution in [-0.2, 0) is 38.1 Å². The molecule has 7 fully saturated rings. The third kappa shape index (κ3) is 3.53. The van der Waals surface area contributed by atoms with Crippen molar-refractivity contribution in [3.8, 4) is 0 Å². The molecule has 0 aromatic rings. The van der Waals surface area contributed by atoms with Gasteiger partial charge in [-0.15, -0.1) is 0 Å². The monoisotopic (exact) mass is 598 g/mol. The van der Waals surface area contributed by atoms with Gasteiger partial charge in [0.25, 0.3) is 0 Å². The van der Waals surface area contributed by atoms with Crippen molar-refractivity contribution < 1.29 is 38.1 Å². The molecule has 0 amide bonds. The fraction of sp³-hybridized carbons (Fsp3) is 0.886. The van der Waals surface area contributed by atoms with Gasteiger partial charge in [0.15, 0.2) is 0 Å². The van der Waals surface area contributed by atoms with Gasteiger partial charge in [-0.3, -0.25) is 19.2 Å². The molecule has 0 aromatic heterocycles. The molecule has 0 N–H and O–H groups in total. The third-order valence-corrected chi connectivity index (χ3v) is 14.6. The molecule has 0 aromatic carbocycles.